The number of hydrogen-bond acceptors (Lipinski definition) is 4. The monoisotopic (exact) mass is 311 g/mol. The summed E-state index contributed by atoms with van der Waals surface area (Å²) in [5, 5.41) is 6.61. The molecule has 1 atom stereocenters. The van der Waals surface area contributed by atoms with Gasteiger partial charge in [0.05, 0.1) is 19.3 Å². The normalized spacial score (nSPS) is 19.5. The molecule has 1 unspecified atom stereocenters. The van der Waals surface area contributed by atoms with Crippen molar-refractivity contribution in [1.82, 2.24) is 10.2 Å². The van der Waals surface area contributed by atoms with Gasteiger partial charge < -0.3 is 20.3 Å². The molecule has 116 valence electrons. The van der Waals surface area contributed by atoms with Crippen LogP contribution in [0.15, 0.2) is 18.2 Å². The average molecular weight is 312 g/mol. The lowest BCUT2D eigenvalue weighted by atomic mass is 10.2. The van der Waals surface area contributed by atoms with Gasteiger partial charge in [-0.15, -0.1) is 0 Å². The molecule has 1 aromatic carbocycles. The van der Waals surface area contributed by atoms with Crippen molar-refractivity contribution in [2.45, 2.75) is 13.0 Å². The van der Waals surface area contributed by atoms with E-state index in [9.17, 15) is 4.79 Å². The van der Waals surface area contributed by atoms with Crippen LogP contribution in [-0.4, -0.2) is 56.7 Å². The lowest BCUT2D eigenvalue weighted by Crippen LogP contribution is -2.45. The van der Waals surface area contributed by atoms with E-state index in [1.165, 1.54) is 0 Å². The highest BCUT2D eigenvalue weighted by molar-refractivity contribution is 6.31. The molecule has 1 aliphatic heterocycles. The van der Waals surface area contributed by atoms with Gasteiger partial charge >= 0.3 is 0 Å². The average Bonchev–Trinajstić information content (AvgIpc) is 2.43. The van der Waals surface area contributed by atoms with E-state index in [1.807, 2.05) is 19.1 Å². The molecule has 1 saturated heterocycles. The number of ether oxygens (including phenoxy) is 1. The highest BCUT2D eigenvalue weighted by Gasteiger charge is 2.17. The minimum absolute atomic E-state index is 0.0791. The molecule has 1 aromatic rings. The van der Waals surface area contributed by atoms with Crippen molar-refractivity contribution in [3.63, 3.8) is 0 Å². The number of hydrogen-bond donors (Lipinski definition) is 2. The van der Waals surface area contributed by atoms with Gasteiger partial charge in [0.25, 0.3) is 0 Å². The number of morpholine rings is 1. The number of nitrogens with zero attached hydrogens (tertiary/aromatic N) is 1. The third-order valence-electron chi connectivity index (χ3n) is 3.47. The van der Waals surface area contributed by atoms with Crippen LogP contribution in [0.2, 0.25) is 5.02 Å². The molecule has 6 heteroatoms. The molecule has 0 spiro atoms. The molecule has 2 rings (SSSR count). The summed E-state index contributed by atoms with van der Waals surface area (Å²) in [5.74, 6) is -0.0791. The Morgan fingerprint density at radius 2 is 2.33 bits per heavy atom. The van der Waals surface area contributed by atoms with Crippen molar-refractivity contribution < 1.29 is 9.53 Å². The fraction of sp³-hybridized carbons (Fsp3) is 0.533. The fourth-order valence-corrected chi connectivity index (χ4v) is 2.43. The molecule has 0 radical (unpaired) electrons. The quantitative estimate of drug-likeness (QED) is 0.865. The largest absolute Gasteiger partial charge is 0.374 e. The van der Waals surface area contributed by atoms with Crippen LogP contribution in [0.4, 0.5) is 5.69 Å². The number of carbonyl (C=O) groups is 1. The molecule has 5 nitrogen and oxygen atoms in total. The van der Waals surface area contributed by atoms with Crippen LogP contribution in [-0.2, 0) is 9.53 Å². The van der Waals surface area contributed by atoms with Crippen molar-refractivity contribution in [2.24, 2.45) is 0 Å². The van der Waals surface area contributed by atoms with Gasteiger partial charge in [-0.3, -0.25) is 4.79 Å². The van der Waals surface area contributed by atoms with E-state index in [-0.39, 0.29) is 18.6 Å². The zero-order valence-corrected chi connectivity index (χ0v) is 13.2. The Bertz CT molecular complexity index is 496. The lowest BCUT2D eigenvalue weighted by Gasteiger charge is -2.30. The van der Waals surface area contributed by atoms with E-state index in [4.69, 9.17) is 16.3 Å². The first-order valence-corrected chi connectivity index (χ1v) is 7.49. The SMILES string of the molecule is Cc1ccc(Cl)cc1NC(=O)CNCC1CN(C)CCO1. The number of anilines is 1. The maximum atomic E-state index is 11.9. The molecule has 2 N–H and O–H groups in total. The summed E-state index contributed by atoms with van der Waals surface area (Å²) < 4.78 is 5.63. The first-order chi connectivity index (χ1) is 10.0. The van der Waals surface area contributed by atoms with Crippen molar-refractivity contribution in [1.29, 1.82) is 0 Å². The second kappa shape index (κ2) is 7.75. The molecule has 0 aromatic heterocycles. The molecule has 1 heterocycles. The molecule has 0 saturated carbocycles. The summed E-state index contributed by atoms with van der Waals surface area (Å²) in [5.41, 5.74) is 1.74. The number of rotatable bonds is 5. The molecule has 1 fully saturated rings. The minimum atomic E-state index is -0.0791. The molecule has 1 aliphatic rings. The van der Waals surface area contributed by atoms with E-state index >= 15 is 0 Å². The smallest absolute Gasteiger partial charge is 0.238 e. The third kappa shape index (κ3) is 5.28. The molecular weight excluding hydrogens is 290 g/mol. The topological polar surface area (TPSA) is 53.6 Å². The molecule has 21 heavy (non-hydrogen) atoms. The van der Waals surface area contributed by atoms with Crippen LogP contribution in [0, 0.1) is 6.92 Å². The van der Waals surface area contributed by atoms with Crippen molar-refractivity contribution >= 4 is 23.2 Å². The standard InChI is InChI=1S/C15H22ClN3O2/c1-11-3-4-12(16)7-14(11)18-15(20)9-17-8-13-10-19(2)5-6-21-13/h3-4,7,13,17H,5-6,8-10H2,1-2H3,(H,18,20). The number of likely N-dealkylation sites (N-methyl/N-ethyl adjacent to an activating group) is 1. The minimum Gasteiger partial charge on any atom is -0.374 e. The predicted molar refractivity (Wildman–Crippen MR) is 84.9 cm³/mol. The summed E-state index contributed by atoms with van der Waals surface area (Å²) in [6, 6.07) is 5.45. The Balaban J connectivity index is 1.73. The first-order valence-electron chi connectivity index (χ1n) is 7.11. The highest BCUT2D eigenvalue weighted by Crippen LogP contribution is 2.19. The fourth-order valence-electron chi connectivity index (χ4n) is 2.26. The molecule has 0 aliphatic carbocycles. The van der Waals surface area contributed by atoms with Gasteiger partial charge in [0.1, 0.15) is 0 Å². The van der Waals surface area contributed by atoms with Gasteiger partial charge in [0.15, 0.2) is 0 Å². The Morgan fingerprint density at radius 3 is 3.10 bits per heavy atom. The van der Waals surface area contributed by atoms with E-state index in [2.05, 4.69) is 22.6 Å². The zero-order valence-electron chi connectivity index (χ0n) is 12.5. The van der Waals surface area contributed by atoms with Crippen LogP contribution in [0.1, 0.15) is 5.56 Å². The van der Waals surface area contributed by atoms with Crippen molar-refractivity contribution in [2.75, 3.05) is 45.2 Å². The van der Waals surface area contributed by atoms with Gasteiger partial charge in [-0.1, -0.05) is 17.7 Å². The molecular formula is C15H22ClN3O2. The second-order valence-electron chi connectivity index (χ2n) is 5.39. The summed E-state index contributed by atoms with van der Waals surface area (Å²) in [4.78, 5) is 14.1. The van der Waals surface area contributed by atoms with Crippen molar-refractivity contribution in [3.8, 4) is 0 Å². The summed E-state index contributed by atoms with van der Waals surface area (Å²) in [6.07, 6.45) is 0.143. The number of amides is 1. The lowest BCUT2D eigenvalue weighted by molar-refractivity contribution is -0.115. The van der Waals surface area contributed by atoms with Crippen LogP contribution in [0.3, 0.4) is 0 Å². The molecule has 0 bridgehead atoms. The predicted octanol–water partition coefficient (Wildman–Crippen LogP) is 1.51. The molecule has 1 amide bonds. The first kappa shape index (κ1) is 16.2. The number of aryl methyl sites for hydroxylation is 1. The van der Waals surface area contributed by atoms with Crippen LogP contribution >= 0.6 is 11.6 Å². The van der Waals surface area contributed by atoms with E-state index in [1.54, 1.807) is 6.07 Å². The maximum absolute atomic E-state index is 11.9. The van der Waals surface area contributed by atoms with E-state index in [0.717, 1.165) is 30.9 Å². The second-order valence-corrected chi connectivity index (χ2v) is 5.83. The Hall–Kier alpha value is -1.14. The number of nitrogens with one attached hydrogen (secondary N) is 2. The zero-order chi connectivity index (χ0) is 15.2. The van der Waals surface area contributed by atoms with Crippen LogP contribution < -0.4 is 10.6 Å². The van der Waals surface area contributed by atoms with Gasteiger partial charge in [-0.05, 0) is 31.7 Å². The van der Waals surface area contributed by atoms with E-state index in [0.29, 0.717) is 11.6 Å². The maximum Gasteiger partial charge on any atom is 0.238 e. The Morgan fingerprint density at radius 1 is 1.52 bits per heavy atom. The summed E-state index contributed by atoms with van der Waals surface area (Å²) in [7, 11) is 2.07. The van der Waals surface area contributed by atoms with Gasteiger partial charge in [-0.25, -0.2) is 0 Å². The van der Waals surface area contributed by atoms with Gasteiger partial charge in [0.2, 0.25) is 5.91 Å². The van der Waals surface area contributed by atoms with Crippen LogP contribution in [0.5, 0.6) is 0 Å². The Labute approximate surface area is 130 Å². The van der Waals surface area contributed by atoms with E-state index < -0.39 is 0 Å². The van der Waals surface area contributed by atoms with Gasteiger partial charge in [0, 0.05) is 30.3 Å². The Kier molecular flexibility index (Phi) is 5.99. The van der Waals surface area contributed by atoms with Gasteiger partial charge in [-0.2, -0.15) is 0 Å². The number of carbonyl (C=O) groups excluding carboxylic acids is 1. The van der Waals surface area contributed by atoms with Crippen LogP contribution in [0.25, 0.3) is 0 Å². The van der Waals surface area contributed by atoms with Crippen molar-refractivity contribution in [3.05, 3.63) is 28.8 Å². The third-order valence-corrected chi connectivity index (χ3v) is 3.71. The summed E-state index contributed by atoms with van der Waals surface area (Å²) in [6.45, 7) is 5.47. The number of benzene rings is 1. The highest BCUT2D eigenvalue weighted by atomic mass is 35.5. The number of halogens is 1. The summed E-state index contributed by atoms with van der Waals surface area (Å²) >= 11 is 5.93.